The molecule has 0 spiro atoms. The van der Waals surface area contributed by atoms with Crippen LogP contribution in [0.5, 0.6) is 0 Å². The van der Waals surface area contributed by atoms with E-state index in [2.05, 4.69) is 4.90 Å². The third-order valence-corrected chi connectivity index (χ3v) is 8.23. The summed E-state index contributed by atoms with van der Waals surface area (Å²) in [5, 5.41) is 5.72. The lowest BCUT2D eigenvalue weighted by atomic mass is 10.1. The average molecular weight is 463 g/mol. The summed E-state index contributed by atoms with van der Waals surface area (Å²) in [6.45, 7) is 7.05. The summed E-state index contributed by atoms with van der Waals surface area (Å²) in [6, 6.07) is 6.44. The molecule has 3 heterocycles. The minimum Gasteiger partial charge on any atom is -0.372 e. The maximum Gasteiger partial charge on any atom is 0.282 e. The van der Waals surface area contributed by atoms with Crippen LogP contribution in [-0.4, -0.2) is 62.6 Å². The van der Waals surface area contributed by atoms with E-state index < -0.39 is 10.0 Å². The summed E-state index contributed by atoms with van der Waals surface area (Å²) in [5.74, 6) is 2.06. The SMILES string of the molecule is CC1CN(c2nc(C(=O)N3CC4CC4C3)sc2-c2ccc(S(N)(=O)=O)cc2)CC(C)O1. The maximum absolute atomic E-state index is 13.1. The number of piperidine rings is 1. The van der Waals surface area contributed by atoms with Gasteiger partial charge in [0.2, 0.25) is 10.0 Å². The Kier molecular flexibility index (Phi) is 5.08. The van der Waals surface area contributed by atoms with Gasteiger partial charge < -0.3 is 14.5 Å². The Balaban J connectivity index is 1.51. The van der Waals surface area contributed by atoms with Crippen LogP contribution in [0.1, 0.15) is 30.1 Å². The van der Waals surface area contributed by atoms with Gasteiger partial charge in [-0.25, -0.2) is 18.5 Å². The van der Waals surface area contributed by atoms with Crippen molar-refractivity contribution in [1.29, 1.82) is 0 Å². The van der Waals surface area contributed by atoms with Gasteiger partial charge in [0.25, 0.3) is 5.91 Å². The first-order valence-electron chi connectivity index (χ1n) is 10.5. The van der Waals surface area contributed by atoms with E-state index in [1.54, 1.807) is 12.1 Å². The summed E-state index contributed by atoms with van der Waals surface area (Å²) in [6.07, 6.45) is 1.33. The molecule has 1 saturated carbocycles. The number of aromatic nitrogens is 1. The number of anilines is 1. The van der Waals surface area contributed by atoms with Gasteiger partial charge >= 0.3 is 0 Å². The van der Waals surface area contributed by atoms with Gasteiger partial charge in [0, 0.05) is 26.2 Å². The normalized spacial score (nSPS) is 28.0. The van der Waals surface area contributed by atoms with E-state index >= 15 is 0 Å². The second kappa shape index (κ2) is 7.54. The molecule has 10 heteroatoms. The first-order valence-corrected chi connectivity index (χ1v) is 12.9. The summed E-state index contributed by atoms with van der Waals surface area (Å²) in [5.41, 5.74) is 0.815. The highest BCUT2D eigenvalue weighted by molar-refractivity contribution is 7.89. The molecule has 1 aromatic carbocycles. The number of morpholine rings is 1. The number of amides is 1. The zero-order valence-electron chi connectivity index (χ0n) is 17.5. The molecule has 1 aromatic heterocycles. The summed E-state index contributed by atoms with van der Waals surface area (Å²) in [7, 11) is -3.77. The second-order valence-electron chi connectivity index (χ2n) is 8.87. The number of likely N-dealkylation sites (tertiary alicyclic amines) is 1. The Morgan fingerprint density at radius 2 is 1.71 bits per heavy atom. The second-order valence-corrected chi connectivity index (χ2v) is 11.4. The number of carbonyl (C=O) groups excluding carboxylic acids is 1. The van der Waals surface area contributed by atoms with Crippen molar-refractivity contribution in [2.45, 2.75) is 37.4 Å². The number of primary sulfonamides is 1. The number of nitrogens with zero attached hydrogens (tertiary/aromatic N) is 3. The van der Waals surface area contributed by atoms with Gasteiger partial charge in [-0.3, -0.25) is 4.79 Å². The molecule has 2 N–H and O–H groups in total. The van der Waals surface area contributed by atoms with E-state index in [1.807, 2.05) is 18.7 Å². The van der Waals surface area contributed by atoms with Crippen molar-refractivity contribution in [3.63, 3.8) is 0 Å². The van der Waals surface area contributed by atoms with E-state index in [-0.39, 0.29) is 23.0 Å². The summed E-state index contributed by atoms with van der Waals surface area (Å²) >= 11 is 1.37. The van der Waals surface area contributed by atoms with Crippen molar-refractivity contribution in [3.05, 3.63) is 29.3 Å². The Hall–Kier alpha value is -2.01. The molecule has 5 rings (SSSR count). The van der Waals surface area contributed by atoms with E-state index in [0.29, 0.717) is 29.9 Å². The maximum atomic E-state index is 13.1. The average Bonchev–Trinajstić information content (AvgIpc) is 3.12. The fourth-order valence-corrected chi connectivity index (χ4v) is 6.23. The number of hydrogen-bond donors (Lipinski definition) is 1. The number of benzene rings is 1. The predicted octanol–water partition coefficient (Wildman–Crippen LogP) is 2.16. The predicted molar refractivity (Wildman–Crippen MR) is 119 cm³/mol. The Labute approximate surface area is 186 Å². The van der Waals surface area contributed by atoms with Crippen LogP contribution in [0.15, 0.2) is 29.2 Å². The number of nitrogens with two attached hydrogens (primary N) is 1. The molecule has 0 bridgehead atoms. The third kappa shape index (κ3) is 4.09. The molecule has 3 aliphatic rings. The smallest absolute Gasteiger partial charge is 0.282 e. The van der Waals surface area contributed by atoms with Crippen molar-refractivity contribution >= 4 is 33.1 Å². The van der Waals surface area contributed by atoms with Crippen LogP contribution in [0.2, 0.25) is 0 Å². The lowest BCUT2D eigenvalue weighted by Crippen LogP contribution is -2.45. The number of thiazole rings is 1. The lowest BCUT2D eigenvalue weighted by molar-refractivity contribution is -0.00539. The van der Waals surface area contributed by atoms with Crippen molar-refractivity contribution < 1.29 is 17.9 Å². The largest absolute Gasteiger partial charge is 0.372 e. The molecule has 166 valence electrons. The van der Waals surface area contributed by atoms with Crippen LogP contribution in [-0.2, 0) is 14.8 Å². The molecule has 8 nitrogen and oxygen atoms in total. The molecule has 4 atom stereocenters. The fraction of sp³-hybridized carbons (Fsp3) is 0.524. The molecule has 2 aliphatic heterocycles. The van der Waals surface area contributed by atoms with Crippen LogP contribution in [0, 0.1) is 11.8 Å². The Morgan fingerprint density at radius 3 is 2.29 bits per heavy atom. The van der Waals surface area contributed by atoms with Crippen molar-refractivity contribution in [1.82, 2.24) is 9.88 Å². The highest BCUT2D eigenvalue weighted by Crippen LogP contribution is 2.46. The van der Waals surface area contributed by atoms with E-state index in [9.17, 15) is 13.2 Å². The number of fused-ring (bicyclic) bond motifs is 1. The zero-order chi connectivity index (χ0) is 21.9. The van der Waals surface area contributed by atoms with Crippen molar-refractivity contribution in [3.8, 4) is 10.4 Å². The number of carbonyl (C=O) groups is 1. The molecule has 1 amide bonds. The minimum atomic E-state index is -3.77. The highest BCUT2D eigenvalue weighted by atomic mass is 32.2. The third-order valence-electron chi connectivity index (χ3n) is 6.22. The number of hydrogen-bond acceptors (Lipinski definition) is 7. The van der Waals surface area contributed by atoms with Gasteiger partial charge in [-0.15, -0.1) is 11.3 Å². The minimum absolute atomic E-state index is 0.0137. The van der Waals surface area contributed by atoms with Gasteiger partial charge in [-0.2, -0.15) is 0 Å². The van der Waals surface area contributed by atoms with Gasteiger partial charge in [0.05, 0.1) is 22.0 Å². The molecule has 2 aromatic rings. The van der Waals surface area contributed by atoms with Gasteiger partial charge in [-0.05, 0) is 49.8 Å². The number of ether oxygens (including phenoxy) is 1. The topological polar surface area (TPSA) is 106 Å². The van der Waals surface area contributed by atoms with E-state index in [0.717, 1.165) is 29.3 Å². The first-order chi connectivity index (χ1) is 14.7. The summed E-state index contributed by atoms with van der Waals surface area (Å²) < 4.78 is 29.1. The van der Waals surface area contributed by atoms with Gasteiger partial charge in [-0.1, -0.05) is 12.1 Å². The highest BCUT2D eigenvalue weighted by Gasteiger charge is 2.47. The Morgan fingerprint density at radius 1 is 1.10 bits per heavy atom. The van der Waals surface area contributed by atoms with Crippen LogP contribution < -0.4 is 10.0 Å². The van der Waals surface area contributed by atoms with Gasteiger partial charge in [0.1, 0.15) is 5.82 Å². The monoisotopic (exact) mass is 462 g/mol. The number of rotatable bonds is 4. The molecule has 0 radical (unpaired) electrons. The van der Waals surface area contributed by atoms with Crippen LogP contribution in [0.25, 0.3) is 10.4 Å². The molecule has 3 fully saturated rings. The molecular weight excluding hydrogens is 436 g/mol. The molecular formula is C21H26N4O4S2. The van der Waals surface area contributed by atoms with Crippen LogP contribution >= 0.6 is 11.3 Å². The quantitative estimate of drug-likeness (QED) is 0.746. The molecule has 1 aliphatic carbocycles. The van der Waals surface area contributed by atoms with E-state index in [4.69, 9.17) is 14.9 Å². The summed E-state index contributed by atoms with van der Waals surface area (Å²) in [4.78, 5) is 22.9. The van der Waals surface area contributed by atoms with E-state index in [1.165, 1.54) is 29.9 Å². The zero-order valence-corrected chi connectivity index (χ0v) is 19.2. The molecule has 31 heavy (non-hydrogen) atoms. The van der Waals surface area contributed by atoms with Crippen molar-refractivity contribution in [2.75, 3.05) is 31.1 Å². The Bertz CT molecular complexity index is 1090. The molecule has 4 unspecified atom stereocenters. The standard InChI is InChI=1S/C21H26N4O4S2/c1-12-8-24(9-13(2)29-12)19-18(14-3-5-17(6-4-14)31(22,27)28)30-20(23-19)21(26)25-10-15-7-16(15)11-25/h3-6,12-13,15-16H,7-11H2,1-2H3,(H2,22,27,28). The lowest BCUT2D eigenvalue weighted by Gasteiger charge is -2.36. The number of sulfonamides is 1. The fourth-order valence-electron chi connectivity index (χ4n) is 4.65. The van der Waals surface area contributed by atoms with Gasteiger partial charge in [0.15, 0.2) is 5.01 Å². The van der Waals surface area contributed by atoms with Crippen LogP contribution in [0.3, 0.4) is 0 Å². The van der Waals surface area contributed by atoms with Crippen LogP contribution in [0.4, 0.5) is 5.82 Å². The van der Waals surface area contributed by atoms with Crippen molar-refractivity contribution in [2.24, 2.45) is 17.0 Å². The molecule has 2 saturated heterocycles. The first kappa shape index (κ1) is 20.9.